The highest BCUT2D eigenvalue weighted by Crippen LogP contribution is 2.35. The summed E-state index contributed by atoms with van der Waals surface area (Å²) >= 11 is 0. The van der Waals surface area contributed by atoms with Gasteiger partial charge >= 0.3 is 24.4 Å². The third-order valence-electron chi connectivity index (χ3n) is 14.2. The Morgan fingerprint density at radius 3 is 1.33 bits per heavy atom. The summed E-state index contributed by atoms with van der Waals surface area (Å²) in [6.07, 6.45) is -6.33. The van der Waals surface area contributed by atoms with E-state index in [1.807, 2.05) is 21.9 Å². The van der Waals surface area contributed by atoms with Crippen LogP contribution in [0.3, 0.4) is 0 Å². The van der Waals surface area contributed by atoms with Crippen LogP contribution < -0.4 is 35.4 Å². The van der Waals surface area contributed by atoms with Gasteiger partial charge in [0.15, 0.2) is 11.6 Å². The molecule has 0 unspecified atom stereocenters. The number of rotatable bonds is 12. The molecule has 4 aromatic heterocycles. The molecule has 422 valence electrons. The molecular weight excluding hydrogens is 1060 g/mol. The van der Waals surface area contributed by atoms with Gasteiger partial charge in [-0.1, -0.05) is 12.1 Å². The zero-order valence-corrected chi connectivity index (χ0v) is 43.9. The smallest absolute Gasteiger partial charge is 0.392 e. The van der Waals surface area contributed by atoms with Crippen LogP contribution in [0.4, 0.5) is 76.0 Å². The van der Waals surface area contributed by atoms with Crippen molar-refractivity contribution in [1.29, 1.82) is 0 Å². The van der Waals surface area contributed by atoms with Gasteiger partial charge in [-0.05, 0) is 110 Å². The second kappa shape index (κ2) is 22.9. The lowest BCUT2D eigenvalue weighted by atomic mass is 10.2. The van der Waals surface area contributed by atoms with Crippen LogP contribution in [0.25, 0.3) is 44.8 Å². The molecule has 3 saturated heterocycles. The van der Waals surface area contributed by atoms with E-state index in [2.05, 4.69) is 37.4 Å². The van der Waals surface area contributed by atoms with Gasteiger partial charge < -0.3 is 53.9 Å². The van der Waals surface area contributed by atoms with Gasteiger partial charge in [-0.25, -0.2) is 29.5 Å². The number of morpholine rings is 2. The summed E-state index contributed by atoms with van der Waals surface area (Å²) in [4.78, 5) is 57.4. The minimum Gasteiger partial charge on any atom is -0.392 e. The third kappa shape index (κ3) is 12.3. The Labute approximate surface area is 460 Å². The Morgan fingerprint density at radius 2 is 0.938 bits per heavy atom. The van der Waals surface area contributed by atoms with Crippen LogP contribution in [0.15, 0.2) is 122 Å². The number of fused-ring (bicyclic) bond motifs is 2. The topological polar surface area (TPSA) is 178 Å². The number of piperazine rings is 1. The van der Waals surface area contributed by atoms with E-state index in [9.17, 15) is 31.4 Å². The highest BCUT2D eigenvalue weighted by atomic mass is 19.4. The standard InChI is InChI=1S/C56H56F6N14O5/c1-69-22-24-70(25-23-69)42-14-16-44(17-15-42)76(54(79)64-41-10-6-39(7-11-41)48-66-50(72-28-32-81-33-29-72)46-19-21-74(52(46)68-48)36-56(60,61)62)75(43-12-2-37(34-77)3-13-43)53(78)63-40-8-4-38(5-9-40)47-65-49(71-26-30-80-31-27-71)45-18-20-73(51(45)67-47)35-55(57,58)59/h2-21,77H,22-36H2,1H3,(H,63,78)(H,64,79). The summed E-state index contributed by atoms with van der Waals surface area (Å²) in [5, 5.41) is 19.1. The molecule has 3 N–H and O–H groups in total. The molecule has 19 nitrogen and oxygen atoms in total. The number of anilines is 7. The van der Waals surface area contributed by atoms with Crippen molar-refractivity contribution in [3.8, 4) is 22.8 Å². The predicted molar refractivity (Wildman–Crippen MR) is 296 cm³/mol. The summed E-state index contributed by atoms with van der Waals surface area (Å²) in [7, 11) is 2.06. The molecule has 0 bridgehead atoms. The van der Waals surface area contributed by atoms with Gasteiger partial charge in [0.2, 0.25) is 0 Å². The van der Waals surface area contributed by atoms with Crippen LogP contribution in [0.2, 0.25) is 0 Å². The number of amides is 4. The summed E-state index contributed by atoms with van der Waals surface area (Å²) < 4.78 is 95.7. The molecule has 3 fully saturated rings. The molecule has 4 aromatic carbocycles. The number of carbonyl (C=O) groups excluding carboxylic acids is 2. The molecule has 0 saturated carbocycles. The van der Waals surface area contributed by atoms with Crippen molar-refractivity contribution in [3.05, 3.63) is 127 Å². The quantitative estimate of drug-likeness (QED) is 0.0780. The number of nitrogens with zero attached hydrogens (tertiary/aromatic N) is 12. The SMILES string of the molecule is CN1CCN(c2ccc(N(C(=O)Nc3ccc(-c4nc(N5CCOCC5)c5ccn(CC(F)(F)F)c5n4)cc3)N(C(=O)Nc3ccc(-c4nc(N5CCOCC5)c5ccn(CC(F)(F)F)c5n4)cc3)c3ccc(CO)cc3)cc2)CC1. The van der Waals surface area contributed by atoms with E-state index in [1.165, 1.54) is 17.4 Å². The first-order chi connectivity index (χ1) is 39.0. The number of aliphatic hydroxyl groups is 1. The number of urea groups is 2. The summed E-state index contributed by atoms with van der Waals surface area (Å²) in [5.41, 5.74) is 3.65. The second-order valence-electron chi connectivity index (χ2n) is 19.8. The molecule has 4 amide bonds. The number of carbonyl (C=O) groups is 2. The van der Waals surface area contributed by atoms with E-state index in [4.69, 9.17) is 19.4 Å². The van der Waals surface area contributed by atoms with E-state index < -0.39 is 37.5 Å². The first kappa shape index (κ1) is 54.4. The zero-order valence-electron chi connectivity index (χ0n) is 43.9. The molecule has 7 heterocycles. The number of likely N-dealkylation sites (N-methyl/N-ethyl adjacent to an activating group) is 1. The van der Waals surface area contributed by atoms with E-state index in [1.54, 1.807) is 97.1 Å². The van der Waals surface area contributed by atoms with Gasteiger partial charge in [0.1, 0.15) is 36.0 Å². The summed E-state index contributed by atoms with van der Waals surface area (Å²) in [6, 6.07) is 28.1. The van der Waals surface area contributed by atoms with Crippen molar-refractivity contribution in [3.63, 3.8) is 0 Å². The van der Waals surface area contributed by atoms with E-state index >= 15 is 9.59 Å². The minimum atomic E-state index is -4.51. The number of hydrogen-bond donors (Lipinski definition) is 3. The average molecular weight is 1120 g/mol. The Kier molecular flexibility index (Phi) is 15.4. The number of halogens is 6. The Hall–Kier alpha value is -8.52. The van der Waals surface area contributed by atoms with Gasteiger partial charge in [-0.2, -0.15) is 36.4 Å². The van der Waals surface area contributed by atoms with Gasteiger partial charge in [0.05, 0.1) is 55.2 Å². The van der Waals surface area contributed by atoms with Crippen molar-refractivity contribution in [2.45, 2.75) is 32.0 Å². The van der Waals surface area contributed by atoms with Gasteiger partial charge in [0.25, 0.3) is 0 Å². The number of nitrogens with one attached hydrogen (secondary N) is 2. The Bertz CT molecular complexity index is 3510. The maximum atomic E-state index is 15.1. The molecule has 11 rings (SSSR count). The fourth-order valence-corrected chi connectivity index (χ4v) is 10.0. The second-order valence-corrected chi connectivity index (χ2v) is 19.8. The lowest BCUT2D eigenvalue weighted by molar-refractivity contribution is -0.140. The number of alkyl halides is 6. The first-order valence-corrected chi connectivity index (χ1v) is 26.2. The van der Waals surface area contributed by atoms with Gasteiger partial charge in [0, 0.05) is 92.9 Å². The lowest BCUT2D eigenvalue weighted by Crippen LogP contribution is -2.54. The number of aromatic nitrogens is 6. The molecule has 0 atom stereocenters. The van der Waals surface area contributed by atoms with Crippen LogP contribution in [0, 0.1) is 0 Å². The lowest BCUT2D eigenvalue weighted by Gasteiger charge is -2.36. The number of ether oxygens (including phenoxy) is 2. The minimum absolute atomic E-state index is 0.105. The summed E-state index contributed by atoms with van der Waals surface area (Å²) in [6.45, 7) is 4.00. The van der Waals surface area contributed by atoms with Crippen molar-refractivity contribution >= 4 is 74.2 Å². The zero-order chi connectivity index (χ0) is 56.4. The number of hydrazine groups is 1. The van der Waals surface area contributed by atoms with Gasteiger partial charge in [-0.3, -0.25) is 0 Å². The molecule has 8 aromatic rings. The largest absolute Gasteiger partial charge is 0.406 e. The monoisotopic (exact) mass is 1120 g/mol. The fourth-order valence-electron chi connectivity index (χ4n) is 10.0. The van der Waals surface area contributed by atoms with Gasteiger partial charge in [-0.15, -0.1) is 0 Å². The van der Waals surface area contributed by atoms with E-state index in [0.717, 1.165) is 46.0 Å². The molecule has 3 aliphatic rings. The summed E-state index contributed by atoms with van der Waals surface area (Å²) in [5.74, 6) is 1.26. The molecule has 0 radical (unpaired) electrons. The Morgan fingerprint density at radius 1 is 0.531 bits per heavy atom. The van der Waals surface area contributed by atoms with Crippen molar-refractivity contribution < 1.29 is 50.5 Å². The highest BCUT2D eigenvalue weighted by molar-refractivity contribution is 6.13. The Balaban J connectivity index is 0.921. The normalized spacial score (nSPS) is 15.6. The van der Waals surface area contributed by atoms with Crippen LogP contribution in [0.1, 0.15) is 5.56 Å². The van der Waals surface area contributed by atoms with Crippen molar-refractivity contribution in [2.24, 2.45) is 0 Å². The highest BCUT2D eigenvalue weighted by Gasteiger charge is 2.34. The molecule has 0 spiro atoms. The average Bonchev–Trinajstić information content (AvgIpc) is 4.28. The molecule has 25 heteroatoms. The van der Waals surface area contributed by atoms with Crippen molar-refractivity contribution in [2.75, 3.05) is 121 Å². The van der Waals surface area contributed by atoms with Crippen LogP contribution in [-0.2, 0) is 29.2 Å². The maximum Gasteiger partial charge on any atom is 0.406 e. The van der Waals surface area contributed by atoms with Crippen LogP contribution in [-0.4, -0.2) is 149 Å². The molecule has 0 aliphatic carbocycles. The number of benzene rings is 4. The van der Waals surface area contributed by atoms with E-state index in [-0.39, 0.29) is 52.3 Å². The fraction of sp³-hybridized carbons (Fsp3) is 0.321. The molecule has 3 aliphatic heterocycles. The molecule has 81 heavy (non-hydrogen) atoms. The van der Waals surface area contributed by atoms with Crippen LogP contribution in [0.5, 0.6) is 0 Å². The first-order valence-electron chi connectivity index (χ1n) is 26.2. The third-order valence-corrected chi connectivity index (χ3v) is 14.2. The number of hydrogen-bond acceptors (Lipinski definition) is 13. The predicted octanol–water partition coefficient (Wildman–Crippen LogP) is 9.24. The maximum absolute atomic E-state index is 15.1. The van der Waals surface area contributed by atoms with Crippen molar-refractivity contribution in [1.82, 2.24) is 34.0 Å². The van der Waals surface area contributed by atoms with Crippen LogP contribution >= 0.6 is 0 Å². The number of aliphatic hydroxyl groups excluding tert-OH is 1. The molecular formula is C56H56F6N14O5. The van der Waals surface area contributed by atoms with E-state index in [0.29, 0.717) is 91.7 Å².